The van der Waals surface area contributed by atoms with Gasteiger partial charge in [-0.05, 0) is 123 Å². The van der Waals surface area contributed by atoms with Crippen LogP contribution >= 0.6 is 0 Å². The molecule has 314 valence electrons. The first-order valence-corrected chi connectivity index (χ1v) is 23.3. The van der Waals surface area contributed by atoms with Gasteiger partial charge < -0.3 is 0 Å². The molecule has 1 heterocycles. The van der Waals surface area contributed by atoms with E-state index in [2.05, 4.69) is 236 Å². The molecule has 10 rings (SSSR count). The summed E-state index contributed by atoms with van der Waals surface area (Å²) in [5, 5.41) is 0. The van der Waals surface area contributed by atoms with Gasteiger partial charge in [0.05, 0.1) is 0 Å². The molecule has 0 spiro atoms. The lowest BCUT2D eigenvalue weighted by Gasteiger charge is -2.36. The van der Waals surface area contributed by atoms with E-state index >= 15 is 0 Å². The Labute approximate surface area is 378 Å². The van der Waals surface area contributed by atoms with Gasteiger partial charge in [0, 0.05) is 10.8 Å². The molecule has 7 aromatic rings. The molecule has 0 radical (unpaired) electrons. The first-order valence-electron chi connectivity index (χ1n) is 23.3. The molecule has 0 amide bonds. The predicted molar refractivity (Wildman–Crippen MR) is 275 cm³/mol. The number of hydrogen-bond donors (Lipinski definition) is 0. The summed E-state index contributed by atoms with van der Waals surface area (Å²) in [5.41, 5.74) is 27.0. The number of fused-ring (bicyclic) bond motifs is 8. The summed E-state index contributed by atoms with van der Waals surface area (Å²) in [6, 6.07) is 51.8. The molecule has 0 aromatic heterocycles. The van der Waals surface area contributed by atoms with Crippen LogP contribution in [0.2, 0.25) is 0 Å². The largest absolute Gasteiger partial charge is 0.243 e. The normalized spacial score (nSPS) is 15.5. The Bertz CT molecular complexity index is 2860. The number of rotatable bonds is 3. The Kier molecular flexibility index (Phi) is 9.14. The molecule has 0 atom stereocenters. The Morgan fingerprint density at radius 1 is 0.381 bits per heavy atom. The standard InChI is InChI=1S/C62H63B/c1-58(2,3)42-36-51(59(4,5)6)57(52(37-42)60(7,8)9)63-53-32-30-38(43-22-18-24-47-45-20-14-16-26-49(45)61(10,11)55(43)47)34-40(53)28-29-41-35-39(31-33-54(41)63)44-23-19-25-48-46-21-15-17-27-50(46)62(12,13)56(44)48/h14-37H,1-13H3. The van der Waals surface area contributed by atoms with E-state index in [4.69, 9.17) is 0 Å². The summed E-state index contributed by atoms with van der Waals surface area (Å²) >= 11 is 0. The van der Waals surface area contributed by atoms with Crippen LogP contribution in [0.3, 0.4) is 0 Å². The topological polar surface area (TPSA) is 0 Å². The van der Waals surface area contributed by atoms with E-state index < -0.39 is 0 Å². The summed E-state index contributed by atoms with van der Waals surface area (Å²) in [4.78, 5) is 0. The second-order valence-electron chi connectivity index (χ2n) is 23.0. The molecule has 63 heavy (non-hydrogen) atoms. The van der Waals surface area contributed by atoms with Crippen molar-refractivity contribution in [2.24, 2.45) is 0 Å². The summed E-state index contributed by atoms with van der Waals surface area (Å²) in [6.07, 6.45) is 4.85. The number of hydrogen-bond acceptors (Lipinski definition) is 0. The maximum atomic E-state index is 2.56. The van der Waals surface area contributed by atoms with Crippen molar-refractivity contribution in [1.29, 1.82) is 0 Å². The summed E-state index contributed by atoms with van der Waals surface area (Å²) in [7, 11) is 0. The third-order valence-electron chi connectivity index (χ3n) is 15.0. The van der Waals surface area contributed by atoms with Crippen LogP contribution in [-0.2, 0) is 27.1 Å². The van der Waals surface area contributed by atoms with Crippen molar-refractivity contribution in [2.75, 3.05) is 0 Å². The van der Waals surface area contributed by atoms with Gasteiger partial charge >= 0.3 is 0 Å². The highest BCUT2D eigenvalue weighted by Crippen LogP contribution is 2.53. The molecule has 7 aromatic carbocycles. The molecule has 0 unspecified atom stereocenters. The van der Waals surface area contributed by atoms with Gasteiger partial charge in [-0.3, -0.25) is 0 Å². The molecule has 2 aliphatic carbocycles. The van der Waals surface area contributed by atoms with Crippen LogP contribution in [0.5, 0.6) is 0 Å². The summed E-state index contributed by atoms with van der Waals surface area (Å²) in [5.74, 6) is 0. The third-order valence-corrected chi connectivity index (χ3v) is 15.0. The minimum Gasteiger partial charge on any atom is -0.0658 e. The molecule has 0 nitrogen and oxygen atoms in total. The van der Waals surface area contributed by atoms with Gasteiger partial charge in [-0.1, -0.05) is 240 Å². The minimum absolute atomic E-state index is 0.00984. The van der Waals surface area contributed by atoms with Crippen LogP contribution < -0.4 is 16.4 Å². The lowest BCUT2D eigenvalue weighted by Crippen LogP contribution is -2.58. The molecular formula is C62H63B. The Hall–Kier alpha value is -5.66. The summed E-state index contributed by atoms with van der Waals surface area (Å²) < 4.78 is 0. The molecular weight excluding hydrogens is 755 g/mol. The first-order chi connectivity index (χ1) is 29.7. The SMILES string of the molecule is CC(C)(C)c1cc(C(C)(C)C)c(B2c3ccc(-c4cccc5c4C(C)(C)c4ccccc4-5)cc3C=Cc3cc(-c4cccc5c4C(C)(C)c4ccccc4-5)ccc32)c(C(C)(C)C)c1. The van der Waals surface area contributed by atoms with Crippen LogP contribution in [0, 0.1) is 0 Å². The van der Waals surface area contributed by atoms with Crippen molar-refractivity contribution in [3.63, 3.8) is 0 Å². The van der Waals surface area contributed by atoms with Crippen molar-refractivity contribution in [3.05, 3.63) is 184 Å². The third kappa shape index (κ3) is 6.39. The minimum atomic E-state index is -0.105. The van der Waals surface area contributed by atoms with Gasteiger partial charge in [0.15, 0.2) is 0 Å². The lowest BCUT2D eigenvalue weighted by molar-refractivity contribution is 0.553. The van der Waals surface area contributed by atoms with Gasteiger partial charge in [-0.15, -0.1) is 0 Å². The average Bonchev–Trinajstić information content (AvgIpc) is 3.53. The summed E-state index contributed by atoms with van der Waals surface area (Å²) in [6.45, 7) is 31.2. The van der Waals surface area contributed by atoms with E-state index in [1.165, 1.54) is 111 Å². The highest BCUT2D eigenvalue weighted by molar-refractivity contribution is 6.97. The highest BCUT2D eigenvalue weighted by atomic mass is 14.4. The van der Waals surface area contributed by atoms with E-state index in [9.17, 15) is 0 Å². The number of benzene rings is 7. The fraction of sp³-hybridized carbons (Fsp3) is 0.290. The first kappa shape index (κ1) is 41.4. The maximum Gasteiger partial charge on any atom is 0.243 e. The van der Waals surface area contributed by atoms with Gasteiger partial charge in [-0.25, -0.2) is 0 Å². The van der Waals surface area contributed by atoms with Crippen molar-refractivity contribution in [2.45, 2.75) is 117 Å². The second kappa shape index (κ2) is 13.9. The zero-order valence-corrected chi connectivity index (χ0v) is 39.9. The fourth-order valence-electron chi connectivity index (χ4n) is 11.8. The lowest BCUT2D eigenvalue weighted by atomic mass is 9.33. The van der Waals surface area contributed by atoms with E-state index in [0.717, 1.165) is 0 Å². The molecule has 1 aliphatic heterocycles. The van der Waals surface area contributed by atoms with E-state index in [1.54, 1.807) is 0 Å². The highest BCUT2D eigenvalue weighted by Gasteiger charge is 2.41. The van der Waals surface area contributed by atoms with Gasteiger partial charge in [-0.2, -0.15) is 0 Å². The van der Waals surface area contributed by atoms with E-state index in [1.807, 2.05) is 0 Å². The van der Waals surface area contributed by atoms with E-state index in [-0.39, 0.29) is 33.8 Å². The second-order valence-corrected chi connectivity index (χ2v) is 23.0. The van der Waals surface area contributed by atoms with Gasteiger partial charge in [0.25, 0.3) is 0 Å². The van der Waals surface area contributed by atoms with Crippen molar-refractivity contribution in [1.82, 2.24) is 0 Å². The predicted octanol–water partition coefficient (Wildman–Crippen LogP) is 14.5. The van der Waals surface area contributed by atoms with Crippen LogP contribution in [0.25, 0.3) is 56.7 Å². The molecule has 0 saturated carbocycles. The molecule has 0 N–H and O–H groups in total. The smallest absolute Gasteiger partial charge is 0.0658 e. The molecule has 0 saturated heterocycles. The fourth-order valence-corrected chi connectivity index (χ4v) is 11.8. The monoisotopic (exact) mass is 819 g/mol. The van der Waals surface area contributed by atoms with Crippen LogP contribution in [0.1, 0.15) is 140 Å². The average molecular weight is 819 g/mol. The maximum absolute atomic E-state index is 2.56. The molecule has 1 heteroatoms. The zero-order valence-electron chi connectivity index (χ0n) is 39.9. The van der Waals surface area contributed by atoms with Gasteiger partial charge in [0.2, 0.25) is 6.71 Å². The Morgan fingerprint density at radius 3 is 1.16 bits per heavy atom. The quantitative estimate of drug-likeness (QED) is 0.156. The van der Waals surface area contributed by atoms with Crippen molar-refractivity contribution < 1.29 is 0 Å². The molecule has 0 fully saturated rings. The van der Waals surface area contributed by atoms with Crippen molar-refractivity contribution >= 4 is 35.3 Å². The Morgan fingerprint density at radius 2 is 0.762 bits per heavy atom. The molecule has 3 aliphatic rings. The van der Waals surface area contributed by atoms with Crippen LogP contribution in [0.15, 0.2) is 133 Å². The van der Waals surface area contributed by atoms with Crippen molar-refractivity contribution in [3.8, 4) is 44.5 Å². The van der Waals surface area contributed by atoms with E-state index in [0.29, 0.717) is 0 Å². The van der Waals surface area contributed by atoms with Gasteiger partial charge in [0.1, 0.15) is 0 Å². The van der Waals surface area contributed by atoms with Crippen LogP contribution in [0.4, 0.5) is 0 Å². The Balaban J connectivity index is 1.23. The zero-order chi connectivity index (χ0) is 44.6. The molecule has 0 bridgehead atoms. The van der Waals surface area contributed by atoms with Crippen LogP contribution in [-0.4, -0.2) is 6.71 Å².